The maximum atomic E-state index is 11.4. The molecule has 3 nitrogen and oxygen atoms in total. The topological polar surface area (TPSA) is 69.1 Å². The van der Waals surface area contributed by atoms with Crippen molar-refractivity contribution < 1.29 is 4.79 Å². The first-order valence-electron chi connectivity index (χ1n) is 6.42. The highest BCUT2D eigenvalue weighted by Gasteiger charge is 2.21. The average molecular weight is 264 g/mol. The van der Waals surface area contributed by atoms with Crippen LogP contribution in [0.2, 0.25) is 0 Å². The molecule has 1 aromatic carbocycles. The summed E-state index contributed by atoms with van der Waals surface area (Å²) in [5.41, 5.74) is 12.5. The smallest absolute Gasteiger partial charge is 0.249 e. The third-order valence-electron chi connectivity index (χ3n) is 3.45. The number of hydrogen-bond acceptors (Lipinski definition) is 3. The molecule has 0 heterocycles. The first-order valence-corrected chi connectivity index (χ1v) is 7.30. The van der Waals surface area contributed by atoms with Crippen molar-refractivity contribution in [3.63, 3.8) is 0 Å². The van der Waals surface area contributed by atoms with Crippen LogP contribution in [0.1, 0.15) is 43.0 Å². The van der Waals surface area contributed by atoms with E-state index < -0.39 is 0 Å². The first-order chi connectivity index (χ1) is 8.56. The first kappa shape index (κ1) is 13.3. The molecule has 1 aromatic rings. The summed E-state index contributed by atoms with van der Waals surface area (Å²) in [4.78, 5) is 12.3. The lowest BCUT2D eigenvalue weighted by Gasteiger charge is -2.26. The highest BCUT2D eigenvalue weighted by atomic mass is 32.2. The number of anilines is 1. The molecule has 98 valence electrons. The minimum atomic E-state index is -0.374. The van der Waals surface area contributed by atoms with Crippen LogP contribution < -0.4 is 11.5 Å². The van der Waals surface area contributed by atoms with E-state index in [4.69, 9.17) is 11.5 Å². The molecule has 0 aromatic heterocycles. The zero-order chi connectivity index (χ0) is 13.1. The third-order valence-corrected chi connectivity index (χ3v) is 4.81. The molecule has 1 aliphatic carbocycles. The van der Waals surface area contributed by atoms with E-state index in [1.54, 1.807) is 23.9 Å². The van der Waals surface area contributed by atoms with Gasteiger partial charge in [0.25, 0.3) is 0 Å². The van der Waals surface area contributed by atoms with Crippen LogP contribution in [0, 0.1) is 5.92 Å². The number of carbonyl (C=O) groups excluding carboxylic acids is 1. The van der Waals surface area contributed by atoms with Gasteiger partial charge in [0.2, 0.25) is 5.91 Å². The van der Waals surface area contributed by atoms with Gasteiger partial charge in [0.15, 0.2) is 0 Å². The number of thioether (sulfide) groups is 1. The molecule has 1 amide bonds. The van der Waals surface area contributed by atoms with Crippen molar-refractivity contribution in [2.75, 3.05) is 5.73 Å². The van der Waals surface area contributed by atoms with Gasteiger partial charge in [-0.3, -0.25) is 4.79 Å². The molecule has 4 heteroatoms. The molecule has 4 N–H and O–H groups in total. The van der Waals surface area contributed by atoms with Crippen LogP contribution in [-0.2, 0) is 0 Å². The summed E-state index contributed by atoms with van der Waals surface area (Å²) in [6, 6.07) is 5.32. The van der Waals surface area contributed by atoms with E-state index in [-0.39, 0.29) is 5.91 Å². The molecular formula is C14H20N2OS. The van der Waals surface area contributed by atoms with E-state index in [9.17, 15) is 4.79 Å². The minimum absolute atomic E-state index is 0.374. The molecule has 18 heavy (non-hydrogen) atoms. The van der Waals surface area contributed by atoms with E-state index in [0.717, 1.165) is 10.8 Å². The zero-order valence-corrected chi connectivity index (χ0v) is 11.5. The predicted molar refractivity (Wildman–Crippen MR) is 76.6 cm³/mol. The molecule has 0 radical (unpaired) electrons. The average Bonchev–Trinajstić information content (AvgIpc) is 2.28. The van der Waals surface area contributed by atoms with Crippen molar-refractivity contribution in [3.05, 3.63) is 23.8 Å². The second-order valence-corrected chi connectivity index (χ2v) is 6.47. The lowest BCUT2D eigenvalue weighted by Crippen LogP contribution is -2.17. The van der Waals surface area contributed by atoms with Crippen LogP contribution in [0.4, 0.5) is 5.69 Å². The number of hydrogen-bond donors (Lipinski definition) is 2. The van der Waals surface area contributed by atoms with Crippen LogP contribution in [0.15, 0.2) is 23.1 Å². The number of nitrogens with two attached hydrogens (primary N) is 2. The summed E-state index contributed by atoms with van der Waals surface area (Å²) in [7, 11) is 0. The standard InChI is InChI=1S/C14H20N2OS/c1-9-3-2-4-11(7-9)18-13-8-10(15)5-6-12(13)14(16)17/h5-6,8-9,11H,2-4,7,15H2,1H3,(H2,16,17). The lowest BCUT2D eigenvalue weighted by molar-refractivity contribution is 0.0997. The van der Waals surface area contributed by atoms with Crippen LogP contribution in [0.3, 0.4) is 0 Å². The zero-order valence-electron chi connectivity index (χ0n) is 10.7. The van der Waals surface area contributed by atoms with Crippen LogP contribution in [0.5, 0.6) is 0 Å². The Balaban J connectivity index is 2.16. The fourth-order valence-corrected chi connectivity index (χ4v) is 4.07. The molecule has 0 aliphatic heterocycles. The Labute approximate surface area is 112 Å². The van der Waals surface area contributed by atoms with Crippen LogP contribution >= 0.6 is 11.8 Å². The molecule has 1 saturated carbocycles. The van der Waals surface area contributed by atoms with Gasteiger partial charge in [-0.2, -0.15) is 0 Å². The lowest BCUT2D eigenvalue weighted by atomic mass is 9.91. The molecule has 0 spiro atoms. The maximum Gasteiger partial charge on any atom is 0.249 e. The van der Waals surface area contributed by atoms with Crippen molar-refractivity contribution in [1.82, 2.24) is 0 Å². The second-order valence-electron chi connectivity index (χ2n) is 5.13. The van der Waals surface area contributed by atoms with E-state index in [1.807, 2.05) is 6.07 Å². The van der Waals surface area contributed by atoms with Gasteiger partial charge in [-0.1, -0.05) is 19.8 Å². The number of primary amides is 1. The number of amides is 1. The molecule has 1 fully saturated rings. The van der Waals surface area contributed by atoms with Crippen molar-refractivity contribution >= 4 is 23.4 Å². The summed E-state index contributed by atoms with van der Waals surface area (Å²) < 4.78 is 0. The Bertz CT molecular complexity index is 447. The number of carbonyl (C=O) groups is 1. The summed E-state index contributed by atoms with van der Waals surface area (Å²) in [5, 5.41) is 0.577. The van der Waals surface area contributed by atoms with Gasteiger partial charge in [0.05, 0.1) is 5.56 Å². The summed E-state index contributed by atoms with van der Waals surface area (Å²) >= 11 is 1.76. The largest absolute Gasteiger partial charge is 0.399 e. The van der Waals surface area contributed by atoms with Gasteiger partial charge in [0, 0.05) is 15.8 Å². The summed E-state index contributed by atoms with van der Waals surface area (Å²) in [6.07, 6.45) is 5.00. The second kappa shape index (κ2) is 5.65. The van der Waals surface area contributed by atoms with Gasteiger partial charge < -0.3 is 11.5 Å². The molecule has 0 saturated heterocycles. The number of benzene rings is 1. The molecule has 0 bridgehead atoms. The Morgan fingerprint density at radius 2 is 2.17 bits per heavy atom. The van der Waals surface area contributed by atoms with Crippen molar-refractivity contribution in [3.8, 4) is 0 Å². The van der Waals surface area contributed by atoms with E-state index in [0.29, 0.717) is 16.5 Å². The molecular weight excluding hydrogens is 244 g/mol. The quantitative estimate of drug-likeness (QED) is 0.824. The maximum absolute atomic E-state index is 11.4. The van der Waals surface area contributed by atoms with E-state index in [1.165, 1.54) is 25.7 Å². The summed E-state index contributed by atoms with van der Waals surface area (Å²) in [5.74, 6) is 0.399. The normalized spacial score (nSPS) is 23.8. The highest BCUT2D eigenvalue weighted by molar-refractivity contribution is 8.00. The Morgan fingerprint density at radius 3 is 2.83 bits per heavy atom. The minimum Gasteiger partial charge on any atom is -0.399 e. The Morgan fingerprint density at radius 1 is 1.39 bits per heavy atom. The van der Waals surface area contributed by atoms with Crippen LogP contribution in [-0.4, -0.2) is 11.2 Å². The Kier molecular flexibility index (Phi) is 4.17. The van der Waals surface area contributed by atoms with Gasteiger partial charge in [-0.15, -0.1) is 11.8 Å². The van der Waals surface area contributed by atoms with Crippen molar-refractivity contribution in [2.24, 2.45) is 11.7 Å². The molecule has 2 atom stereocenters. The fraction of sp³-hybridized carbons (Fsp3) is 0.500. The van der Waals surface area contributed by atoms with Gasteiger partial charge in [-0.05, 0) is 37.0 Å². The van der Waals surface area contributed by atoms with E-state index in [2.05, 4.69) is 6.92 Å². The predicted octanol–water partition coefficient (Wildman–Crippen LogP) is 3.04. The van der Waals surface area contributed by atoms with Gasteiger partial charge in [0.1, 0.15) is 0 Å². The van der Waals surface area contributed by atoms with Crippen molar-refractivity contribution in [2.45, 2.75) is 42.8 Å². The molecule has 1 aliphatic rings. The van der Waals surface area contributed by atoms with Gasteiger partial charge in [-0.25, -0.2) is 0 Å². The fourth-order valence-electron chi connectivity index (χ4n) is 2.51. The van der Waals surface area contributed by atoms with Gasteiger partial charge >= 0.3 is 0 Å². The third kappa shape index (κ3) is 3.19. The number of nitrogen functional groups attached to an aromatic ring is 1. The summed E-state index contributed by atoms with van der Waals surface area (Å²) in [6.45, 7) is 2.29. The van der Waals surface area contributed by atoms with Crippen LogP contribution in [0.25, 0.3) is 0 Å². The van der Waals surface area contributed by atoms with Crippen molar-refractivity contribution in [1.29, 1.82) is 0 Å². The van der Waals surface area contributed by atoms with E-state index >= 15 is 0 Å². The molecule has 2 rings (SSSR count). The Hall–Kier alpha value is -1.16. The highest BCUT2D eigenvalue weighted by Crippen LogP contribution is 2.37. The SMILES string of the molecule is CC1CCCC(Sc2cc(N)ccc2C(N)=O)C1. The molecule has 2 unspecified atom stereocenters. The number of rotatable bonds is 3. The monoisotopic (exact) mass is 264 g/mol.